The second-order valence-electron chi connectivity index (χ2n) is 2.87. The van der Waals surface area contributed by atoms with Gasteiger partial charge in [0.15, 0.2) is 0 Å². The van der Waals surface area contributed by atoms with E-state index in [2.05, 4.69) is 5.32 Å². The smallest absolute Gasteiger partial charge is 0.237 e. The van der Waals surface area contributed by atoms with Gasteiger partial charge in [0.1, 0.15) is 0 Å². The minimum atomic E-state index is -0.934. The Labute approximate surface area is 76.3 Å². The summed E-state index contributed by atoms with van der Waals surface area (Å²) in [6, 6.07) is -0.934. The fourth-order valence-corrected chi connectivity index (χ4v) is 0.689. The predicted molar refractivity (Wildman–Crippen MR) is 46.5 cm³/mol. The first-order valence-electron chi connectivity index (χ1n) is 3.93. The van der Waals surface area contributed by atoms with E-state index in [-0.39, 0.29) is 13.0 Å². The molecule has 0 radical (unpaired) electrons. The second-order valence-corrected chi connectivity index (χ2v) is 2.87. The maximum atomic E-state index is 11.0. The third-order valence-electron chi connectivity index (χ3n) is 1.33. The Balaban J connectivity index is 3.76. The highest BCUT2D eigenvalue weighted by Gasteiger charge is 2.15. The lowest BCUT2D eigenvalue weighted by atomic mass is 10.2. The molecule has 2 atom stereocenters. The maximum absolute atomic E-state index is 11.0. The lowest BCUT2D eigenvalue weighted by Gasteiger charge is -2.11. The molecule has 1 unspecified atom stereocenters. The van der Waals surface area contributed by atoms with Crippen LogP contribution in [0.15, 0.2) is 0 Å². The van der Waals surface area contributed by atoms with Crippen molar-refractivity contribution < 1.29 is 14.7 Å². The molecule has 0 spiro atoms. The van der Waals surface area contributed by atoms with Crippen molar-refractivity contribution in [1.29, 1.82) is 0 Å². The van der Waals surface area contributed by atoms with Crippen molar-refractivity contribution in [3.05, 3.63) is 0 Å². The number of carbonyl (C=O) groups excluding carboxylic acids is 2. The molecule has 0 aromatic heterocycles. The monoisotopic (exact) mass is 189 g/mol. The number of rotatable bonds is 5. The number of nitrogens with one attached hydrogen (secondary N) is 1. The van der Waals surface area contributed by atoms with E-state index in [1.54, 1.807) is 0 Å². The molecule has 0 aromatic rings. The minimum absolute atomic E-state index is 0.116. The Hall–Kier alpha value is -1.14. The largest absolute Gasteiger partial charge is 0.392 e. The van der Waals surface area contributed by atoms with Gasteiger partial charge in [0.25, 0.3) is 0 Å². The second kappa shape index (κ2) is 5.50. The molecule has 13 heavy (non-hydrogen) atoms. The van der Waals surface area contributed by atoms with Crippen molar-refractivity contribution in [3.8, 4) is 0 Å². The Bertz CT molecular complexity index is 193. The van der Waals surface area contributed by atoms with Crippen LogP contribution in [0.5, 0.6) is 0 Å². The van der Waals surface area contributed by atoms with Crippen molar-refractivity contribution in [2.24, 2.45) is 11.5 Å². The Morgan fingerprint density at radius 3 is 2.46 bits per heavy atom. The van der Waals surface area contributed by atoms with Gasteiger partial charge >= 0.3 is 0 Å². The number of carbonyl (C=O) groups is 2. The van der Waals surface area contributed by atoms with Crippen molar-refractivity contribution in [2.75, 3.05) is 6.54 Å². The third-order valence-corrected chi connectivity index (χ3v) is 1.33. The molecule has 0 saturated carbocycles. The van der Waals surface area contributed by atoms with Crippen LogP contribution in [-0.2, 0) is 9.59 Å². The van der Waals surface area contributed by atoms with Gasteiger partial charge in [0.2, 0.25) is 11.8 Å². The summed E-state index contributed by atoms with van der Waals surface area (Å²) in [6.45, 7) is 1.64. The standard InChI is InChI=1S/C7H15N3O3/c1-4(11)3-10-7(13)5(8)2-6(9)12/h4-5,11H,2-3,8H2,1H3,(H2,9,12)(H,10,13)/t4-,5?/m0/s1. The number of primary amides is 1. The average Bonchev–Trinajstić information content (AvgIpc) is 1.98. The molecule has 6 nitrogen and oxygen atoms in total. The van der Waals surface area contributed by atoms with Crippen molar-refractivity contribution >= 4 is 11.8 Å². The van der Waals surface area contributed by atoms with E-state index in [1.807, 2.05) is 0 Å². The molecule has 0 aromatic carbocycles. The van der Waals surface area contributed by atoms with E-state index < -0.39 is 24.0 Å². The van der Waals surface area contributed by atoms with Gasteiger partial charge in [-0.3, -0.25) is 9.59 Å². The fraction of sp³-hybridized carbons (Fsp3) is 0.714. The molecule has 0 rings (SSSR count). The van der Waals surface area contributed by atoms with E-state index in [0.717, 1.165) is 0 Å². The SMILES string of the molecule is C[C@H](O)CNC(=O)C(N)CC(N)=O. The molecule has 0 saturated heterocycles. The fourth-order valence-electron chi connectivity index (χ4n) is 0.689. The topological polar surface area (TPSA) is 118 Å². The minimum Gasteiger partial charge on any atom is -0.392 e. The van der Waals surface area contributed by atoms with Gasteiger partial charge in [-0.05, 0) is 6.92 Å². The highest BCUT2D eigenvalue weighted by atomic mass is 16.3. The summed E-state index contributed by atoms with van der Waals surface area (Å²) in [5, 5.41) is 11.2. The number of amides is 2. The number of aliphatic hydroxyl groups is 1. The summed E-state index contributed by atoms with van der Waals surface area (Å²) >= 11 is 0. The molecule has 0 fully saturated rings. The van der Waals surface area contributed by atoms with Crippen LogP contribution in [0, 0.1) is 0 Å². The van der Waals surface area contributed by atoms with Gasteiger partial charge in [0, 0.05) is 6.54 Å². The third kappa shape index (κ3) is 6.06. The Kier molecular flexibility index (Phi) is 5.01. The van der Waals surface area contributed by atoms with Gasteiger partial charge in [-0.25, -0.2) is 0 Å². The molecule has 6 heteroatoms. The lowest BCUT2D eigenvalue weighted by molar-refractivity contribution is -0.126. The summed E-state index contributed by atoms with van der Waals surface area (Å²) < 4.78 is 0. The quantitative estimate of drug-likeness (QED) is 0.388. The summed E-state index contributed by atoms with van der Waals surface area (Å²) in [5.41, 5.74) is 10.1. The maximum Gasteiger partial charge on any atom is 0.237 e. The summed E-state index contributed by atoms with van der Waals surface area (Å²) in [7, 11) is 0. The van der Waals surface area contributed by atoms with Crippen molar-refractivity contribution in [1.82, 2.24) is 5.32 Å². The zero-order chi connectivity index (χ0) is 10.4. The first kappa shape index (κ1) is 11.9. The van der Waals surface area contributed by atoms with E-state index in [1.165, 1.54) is 6.92 Å². The molecular weight excluding hydrogens is 174 g/mol. The van der Waals surface area contributed by atoms with Crippen molar-refractivity contribution in [3.63, 3.8) is 0 Å². The van der Waals surface area contributed by atoms with Crippen LogP contribution in [0.4, 0.5) is 0 Å². The predicted octanol–water partition coefficient (Wildman–Crippen LogP) is -2.31. The zero-order valence-corrected chi connectivity index (χ0v) is 7.49. The van der Waals surface area contributed by atoms with Crippen LogP contribution in [0.3, 0.4) is 0 Å². The van der Waals surface area contributed by atoms with Gasteiger partial charge in [-0.15, -0.1) is 0 Å². The zero-order valence-electron chi connectivity index (χ0n) is 7.49. The van der Waals surface area contributed by atoms with E-state index in [0.29, 0.717) is 0 Å². The number of hydrogen-bond acceptors (Lipinski definition) is 4. The summed E-state index contributed by atoms with van der Waals surface area (Å²) in [5.74, 6) is -1.11. The van der Waals surface area contributed by atoms with Crippen LogP contribution < -0.4 is 16.8 Å². The number of hydrogen-bond donors (Lipinski definition) is 4. The van der Waals surface area contributed by atoms with Crippen LogP contribution in [-0.4, -0.2) is 35.6 Å². The first-order chi connectivity index (χ1) is 5.93. The molecule has 76 valence electrons. The first-order valence-corrected chi connectivity index (χ1v) is 3.93. The summed E-state index contributed by atoms with van der Waals surface area (Å²) in [6.07, 6.45) is -0.823. The molecule has 6 N–H and O–H groups in total. The Morgan fingerprint density at radius 2 is 2.08 bits per heavy atom. The highest BCUT2D eigenvalue weighted by Crippen LogP contribution is 1.87. The lowest BCUT2D eigenvalue weighted by Crippen LogP contribution is -2.44. The molecule has 0 aliphatic carbocycles. The highest BCUT2D eigenvalue weighted by molar-refractivity contribution is 5.87. The molecule has 0 heterocycles. The van der Waals surface area contributed by atoms with Gasteiger partial charge in [0.05, 0.1) is 18.6 Å². The Morgan fingerprint density at radius 1 is 1.54 bits per heavy atom. The molecule has 2 amide bonds. The van der Waals surface area contributed by atoms with Crippen molar-refractivity contribution in [2.45, 2.75) is 25.5 Å². The normalized spacial score (nSPS) is 14.7. The number of aliphatic hydroxyl groups excluding tert-OH is 1. The van der Waals surface area contributed by atoms with Gasteiger partial charge in [-0.1, -0.05) is 0 Å². The summed E-state index contributed by atoms with van der Waals surface area (Å²) in [4.78, 5) is 21.4. The average molecular weight is 189 g/mol. The molecular formula is C7H15N3O3. The van der Waals surface area contributed by atoms with E-state index >= 15 is 0 Å². The van der Waals surface area contributed by atoms with Crippen LogP contribution in [0.25, 0.3) is 0 Å². The van der Waals surface area contributed by atoms with Gasteiger partial charge < -0.3 is 21.9 Å². The van der Waals surface area contributed by atoms with Crippen LogP contribution in [0.2, 0.25) is 0 Å². The van der Waals surface area contributed by atoms with Crippen LogP contribution in [0.1, 0.15) is 13.3 Å². The van der Waals surface area contributed by atoms with Crippen LogP contribution >= 0.6 is 0 Å². The van der Waals surface area contributed by atoms with E-state index in [9.17, 15) is 9.59 Å². The number of nitrogens with two attached hydrogens (primary N) is 2. The molecule has 0 aliphatic heterocycles. The van der Waals surface area contributed by atoms with Gasteiger partial charge in [-0.2, -0.15) is 0 Å². The molecule has 0 aliphatic rings. The molecule has 0 bridgehead atoms. The van der Waals surface area contributed by atoms with E-state index in [4.69, 9.17) is 16.6 Å².